The zero-order valence-electron chi connectivity index (χ0n) is 8.94. The Bertz CT molecular complexity index is 515. The molecule has 1 aromatic carbocycles. The van der Waals surface area contributed by atoms with Gasteiger partial charge in [0.25, 0.3) is 0 Å². The average molecular weight is 300 g/mol. The third-order valence-corrected chi connectivity index (χ3v) is 2.74. The molecular formula is C11H11BrFN3O. The SMILES string of the molecule is Nc1cnn(CCOc2ccc(F)cc2Br)c1. The minimum atomic E-state index is -0.302. The fourth-order valence-electron chi connectivity index (χ4n) is 1.34. The Labute approximate surface area is 106 Å². The van der Waals surface area contributed by atoms with Gasteiger partial charge in [-0.25, -0.2) is 4.39 Å². The molecule has 0 saturated carbocycles. The van der Waals surface area contributed by atoms with Crippen molar-refractivity contribution in [1.82, 2.24) is 9.78 Å². The largest absolute Gasteiger partial charge is 0.490 e. The van der Waals surface area contributed by atoms with Gasteiger partial charge in [0.05, 0.1) is 22.9 Å². The topological polar surface area (TPSA) is 53.1 Å². The second-order valence-electron chi connectivity index (χ2n) is 3.46. The maximum atomic E-state index is 12.8. The molecule has 0 spiro atoms. The van der Waals surface area contributed by atoms with E-state index < -0.39 is 0 Å². The van der Waals surface area contributed by atoms with Crippen molar-refractivity contribution in [2.75, 3.05) is 12.3 Å². The van der Waals surface area contributed by atoms with Crippen molar-refractivity contribution in [1.29, 1.82) is 0 Å². The molecule has 1 aromatic heterocycles. The molecule has 0 bridgehead atoms. The van der Waals surface area contributed by atoms with Crippen LogP contribution in [0.2, 0.25) is 0 Å². The van der Waals surface area contributed by atoms with Gasteiger partial charge in [-0.2, -0.15) is 5.10 Å². The summed E-state index contributed by atoms with van der Waals surface area (Å²) >= 11 is 3.23. The van der Waals surface area contributed by atoms with E-state index in [0.29, 0.717) is 29.1 Å². The predicted octanol–water partition coefficient (Wildman–Crippen LogP) is 2.45. The lowest BCUT2D eigenvalue weighted by Gasteiger charge is -2.08. The second-order valence-corrected chi connectivity index (χ2v) is 4.31. The van der Waals surface area contributed by atoms with Gasteiger partial charge in [-0.1, -0.05) is 0 Å². The third-order valence-electron chi connectivity index (χ3n) is 2.13. The van der Waals surface area contributed by atoms with Crippen molar-refractivity contribution < 1.29 is 9.13 Å². The number of nitrogens with zero attached hydrogens (tertiary/aromatic N) is 2. The molecule has 0 amide bonds. The highest BCUT2D eigenvalue weighted by Gasteiger charge is 2.02. The van der Waals surface area contributed by atoms with Crippen LogP contribution in [0.25, 0.3) is 0 Å². The summed E-state index contributed by atoms with van der Waals surface area (Å²) in [5.41, 5.74) is 6.15. The van der Waals surface area contributed by atoms with Gasteiger partial charge < -0.3 is 10.5 Å². The van der Waals surface area contributed by atoms with Gasteiger partial charge in [-0.15, -0.1) is 0 Å². The molecule has 0 radical (unpaired) electrons. The molecule has 4 nitrogen and oxygen atoms in total. The summed E-state index contributed by atoms with van der Waals surface area (Å²) in [6.45, 7) is 1.02. The number of hydrogen-bond acceptors (Lipinski definition) is 3. The van der Waals surface area contributed by atoms with Gasteiger partial charge in [0, 0.05) is 6.20 Å². The summed E-state index contributed by atoms with van der Waals surface area (Å²) < 4.78 is 20.6. The Balaban J connectivity index is 1.90. The van der Waals surface area contributed by atoms with Gasteiger partial charge in [0.1, 0.15) is 18.2 Å². The van der Waals surface area contributed by atoms with Gasteiger partial charge in [0.2, 0.25) is 0 Å². The molecule has 0 aliphatic rings. The number of aromatic nitrogens is 2. The summed E-state index contributed by atoms with van der Waals surface area (Å²) in [6, 6.07) is 4.30. The van der Waals surface area contributed by atoms with E-state index in [-0.39, 0.29) is 5.82 Å². The fourth-order valence-corrected chi connectivity index (χ4v) is 1.81. The number of halogens is 2. The number of hydrogen-bond donors (Lipinski definition) is 1. The van der Waals surface area contributed by atoms with Crippen molar-refractivity contribution in [2.24, 2.45) is 0 Å². The zero-order valence-corrected chi connectivity index (χ0v) is 10.5. The van der Waals surface area contributed by atoms with E-state index in [1.165, 1.54) is 12.1 Å². The first kappa shape index (κ1) is 11.9. The molecule has 2 aromatic rings. The normalized spacial score (nSPS) is 10.5. The molecule has 17 heavy (non-hydrogen) atoms. The van der Waals surface area contributed by atoms with Crippen molar-refractivity contribution in [2.45, 2.75) is 6.54 Å². The van der Waals surface area contributed by atoms with Crippen LogP contribution in [0.1, 0.15) is 0 Å². The van der Waals surface area contributed by atoms with E-state index in [1.807, 2.05) is 0 Å². The van der Waals surface area contributed by atoms with Crippen LogP contribution in [0.5, 0.6) is 5.75 Å². The van der Waals surface area contributed by atoms with Gasteiger partial charge in [0.15, 0.2) is 0 Å². The van der Waals surface area contributed by atoms with Crippen LogP contribution < -0.4 is 10.5 Å². The molecule has 0 aliphatic heterocycles. The number of anilines is 1. The Morgan fingerprint density at radius 1 is 1.47 bits per heavy atom. The Kier molecular flexibility index (Phi) is 3.63. The van der Waals surface area contributed by atoms with Crippen LogP contribution >= 0.6 is 15.9 Å². The summed E-state index contributed by atoms with van der Waals surface area (Å²) in [5, 5.41) is 4.02. The molecule has 90 valence electrons. The molecule has 2 N–H and O–H groups in total. The average Bonchev–Trinajstić information content (AvgIpc) is 2.68. The maximum absolute atomic E-state index is 12.8. The van der Waals surface area contributed by atoms with Crippen LogP contribution in [0.4, 0.5) is 10.1 Å². The summed E-state index contributed by atoms with van der Waals surface area (Å²) in [5.74, 6) is 0.301. The first-order chi connectivity index (χ1) is 8.15. The highest BCUT2D eigenvalue weighted by atomic mass is 79.9. The Morgan fingerprint density at radius 3 is 2.94 bits per heavy atom. The van der Waals surface area contributed by atoms with Gasteiger partial charge >= 0.3 is 0 Å². The van der Waals surface area contributed by atoms with Crippen molar-refractivity contribution in [3.63, 3.8) is 0 Å². The molecule has 0 unspecified atom stereocenters. The molecule has 0 fully saturated rings. The fraction of sp³-hybridized carbons (Fsp3) is 0.182. The zero-order chi connectivity index (χ0) is 12.3. The predicted molar refractivity (Wildman–Crippen MR) is 66.2 cm³/mol. The number of rotatable bonds is 4. The standard InChI is InChI=1S/C11H11BrFN3O/c12-10-5-8(13)1-2-11(10)17-4-3-16-7-9(14)6-15-16/h1-2,5-7H,3-4,14H2. The highest BCUT2D eigenvalue weighted by Crippen LogP contribution is 2.25. The third kappa shape index (κ3) is 3.20. The summed E-state index contributed by atoms with van der Waals surface area (Å²) in [4.78, 5) is 0. The van der Waals surface area contributed by atoms with Crippen molar-refractivity contribution in [3.05, 3.63) is 40.9 Å². The number of nitrogen functional groups attached to an aromatic ring is 1. The minimum Gasteiger partial charge on any atom is -0.490 e. The number of nitrogens with two attached hydrogens (primary N) is 1. The van der Waals surface area contributed by atoms with E-state index in [4.69, 9.17) is 10.5 Å². The Hall–Kier alpha value is -1.56. The first-order valence-corrected chi connectivity index (χ1v) is 5.80. The molecule has 0 atom stereocenters. The summed E-state index contributed by atoms with van der Waals surface area (Å²) in [7, 11) is 0. The van der Waals surface area contributed by atoms with E-state index in [2.05, 4.69) is 21.0 Å². The van der Waals surface area contributed by atoms with Gasteiger partial charge in [-0.05, 0) is 34.1 Å². The van der Waals surface area contributed by atoms with Crippen LogP contribution in [-0.4, -0.2) is 16.4 Å². The first-order valence-electron chi connectivity index (χ1n) is 5.01. The van der Waals surface area contributed by atoms with E-state index in [9.17, 15) is 4.39 Å². The van der Waals surface area contributed by atoms with E-state index >= 15 is 0 Å². The van der Waals surface area contributed by atoms with Crippen LogP contribution in [0.3, 0.4) is 0 Å². The van der Waals surface area contributed by atoms with Gasteiger partial charge in [-0.3, -0.25) is 4.68 Å². The second kappa shape index (κ2) is 5.18. The monoisotopic (exact) mass is 299 g/mol. The minimum absolute atomic E-state index is 0.302. The number of benzene rings is 1. The summed E-state index contributed by atoms with van der Waals surface area (Å²) in [6.07, 6.45) is 3.30. The molecule has 0 saturated heterocycles. The van der Waals surface area contributed by atoms with E-state index in [1.54, 1.807) is 23.1 Å². The molecule has 2 rings (SSSR count). The van der Waals surface area contributed by atoms with E-state index in [0.717, 1.165) is 0 Å². The quantitative estimate of drug-likeness (QED) is 0.943. The number of ether oxygens (including phenoxy) is 1. The van der Waals surface area contributed by atoms with Crippen LogP contribution in [0, 0.1) is 5.82 Å². The smallest absolute Gasteiger partial charge is 0.133 e. The lowest BCUT2D eigenvalue weighted by Crippen LogP contribution is -2.08. The lowest BCUT2D eigenvalue weighted by atomic mass is 10.3. The molecule has 0 aliphatic carbocycles. The van der Waals surface area contributed by atoms with Crippen LogP contribution in [-0.2, 0) is 6.54 Å². The maximum Gasteiger partial charge on any atom is 0.133 e. The lowest BCUT2D eigenvalue weighted by molar-refractivity contribution is 0.289. The molecular weight excluding hydrogens is 289 g/mol. The highest BCUT2D eigenvalue weighted by molar-refractivity contribution is 9.10. The Morgan fingerprint density at radius 2 is 2.29 bits per heavy atom. The van der Waals surface area contributed by atoms with Crippen LogP contribution in [0.15, 0.2) is 35.1 Å². The van der Waals surface area contributed by atoms with Crippen molar-refractivity contribution in [3.8, 4) is 5.75 Å². The molecule has 1 heterocycles. The van der Waals surface area contributed by atoms with Crippen molar-refractivity contribution >= 4 is 21.6 Å². The molecule has 6 heteroatoms.